The van der Waals surface area contributed by atoms with Gasteiger partial charge in [0, 0.05) is 26.2 Å². The van der Waals surface area contributed by atoms with Gasteiger partial charge in [-0.05, 0) is 0 Å². The Morgan fingerprint density at radius 2 is 1.68 bits per heavy atom. The Balaban J connectivity index is 0. The van der Waals surface area contributed by atoms with Crippen LogP contribution < -0.4 is 10.2 Å². The summed E-state index contributed by atoms with van der Waals surface area (Å²) in [4.78, 5) is 17.9. The van der Waals surface area contributed by atoms with Gasteiger partial charge >= 0.3 is 0 Å². The third kappa shape index (κ3) is 3.88. The predicted octanol–water partition coefficient (Wildman–Crippen LogP) is -1.04. The topological polar surface area (TPSA) is 133 Å². The Labute approximate surface area is 122 Å². The van der Waals surface area contributed by atoms with Gasteiger partial charge in [-0.15, -0.1) is 24.8 Å². The monoisotopic (exact) mass is 312 g/mol. The highest BCUT2D eigenvalue weighted by atomic mass is 35.5. The van der Waals surface area contributed by atoms with Gasteiger partial charge in [-0.1, -0.05) is 0 Å². The van der Waals surface area contributed by atoms with Crippen LogP contribution in [0.1, 0.15) is 0 Å². The first-order valence-electron chi connectivity index (χ1n) is 5.05. The van der Waals surface area contributed by atoms with E-state index in [1.54, 1.807) is 12.7 Å². The molecule has 0 unspecified atom stereocenters. The van der Waals surface area contributed by atoms with Crippen molar-refractivity contribution in [3.63, 3.8) is 0 Å². The SMILES string of the molecule is Cl.Cl.O.O.c1nc(N2CCNCC2)c2[nH]cnc2n1. The normalized spacial score (nSPS) is 13.6. The van der Waals surface area contributed by atoms with Gasteiger partial charge < -0.3 is 26.2 Å². The van der Waals surface area contributed by atoms with E-state index >= 15 is 0 Å². The molecule has 0 bridgehead atoms. The van der Waals surface area contributed by atoms with Crippen molar-refractivity contribution >= 4 is 41.8 Å². The number of fused-ring (bicyclic) bond motifs is 1. The molecule has 0 aromatic carbocycles. The van der Waals surface area contributed by atoms with Crippen LogP contribution in [-0.2, 0) is 0 Å². The molecule has 8 nitrogen and oxygen atoms in total. The number of nitrogens with one attached hydrogen (secondary N) is 2. The Hall–Kier alpha value is -1.19. The van der Waals surface area contributed by atoms with E-state index in [1.165, 1.54) is 0 Å². The zero-order valence-electron chi connectivity index (χ0n) is 10.1. The van der Waals surface area contributed by atoms with Crippen LogP contribution in [0.15, 0.2) is 12.7 Å². The highest BCUT2D eigenvalue weighted by Gasteiger charge is 2.15. The largest absolute Gasteiger partial charge is 0.412 e. The number of aromatic amines is 1. The number of H-pyrrole nitrogens is 1. The number of rotatable bonds is 1. The second-order valence-electron chi connectivity index (χ2n) is 3.54. The average molecular weight is 313 g/mol. The van der Waals surface area contributed by atoms with E-state index < -0.39 is 0 Å². The molecule has 110 valence electrons. The van der Waals surface area contributed by atoms with Crippen molar-refractivity contribution in [2.75, 3.05) is 31.1 Å². The van der Waals surface area contributed by atoms with Crippen molar-refractivity contribution in [2.45, 2.75) is 0 Å². The first-order chi connectivity index (χ1) is 7.45. The molecular weight excluding hydrogens is 295 g/mol. The van der Waals surface area contributed by atoms with Crippen molar-refractivity contribution < 1.29 is 11.0 Å². The molecular formula is C9H18Cl2N6O2. The summed E-state index contributed by atoms with van der Waals surface area (Å²) in [6.07, 6.45) is 3.23. The molecule has 1 saturated heterocycles. The van der Waals surface area contributed by atoms with Crippen molar-refractivity contribution in [1.29, 1.82) is 0 Å². The molecule has 2 aromatic heterocycles. The molecule has 0 atom stereocenters. The molecule has 0 saturated carbocycles. The van der Waals surface area contributed by atoms with E-state index in [2.05, 4.69) is 30.2 Å². The standard InChI is InChI=1S/C9H12N6.2ClH.2H2O/c1-3-15(4-2-10-1)9-7-8(12-5-11-7)13-6-14-9;;;;/h5-6,10H,1-4H2,(H,11,12,13,14);2*1H;2*1H2. The fourth-order valence-corrected chi connectivity index (χ4v) is 1.87. The van der Waals surface area contributed by atoms with E-state index in [0.717, 1.165) is 43.2 Å². The van der Waals surface area contributed by atoms with Crippen molar-refractivity contribution in [2.24, 2.45) is 0 Å². The van der Waals surface area contributed by atoms with Crippen LogP contribution in [0, 0.1) is 0 Å². The second-order valence-corrected chi connectivity index (χ2v) is 3.54. The molecule has 2 aromatic rings. The highest BCUT2D eigenvalue weighted by molar-refractivity contribution is 5.85. The summed E-state index contributed by atoms with van der Waals surface area (Å²) in [6.45, 7) is 3.95. The lowest BCUT2D eigenvalue weighted by Crippen LogP contribution is -2.44. The van der Waals surface area contributed by atoms with E-state index in [9.17, 15) is 0 Å². The van der Waals surface area contributed by atoms with E-state index in [4.69, 9.17) is 0 Å². The van der Waals surface area contributed by atoms with Gasteiger partial charge in [-0.25, -0.2) is 15.0 Å². The van der Waals surface area contributed by atoms with E-state index in [0.29, 0.717) is 0 Å². The number of imidazole rings is 1. The lowest BCUT2D eigenvalue weighted by atomic mass is 10.3. The third-order valence-corrected chi connectivity index (χ3v) is 2.62. The molecule has 3 rings (SSSR count). The highest BCUT2D eigenvalue weighted by Crippen LogP contribution is 2.19. The zero-order valence-corrected chi connectivity index (χ0v) is 11.7. The van der Waals surface area contributed by atoms with Crippen LogP contribution in [-0.4, -0.2) is 57.1 Å². The lowest BCUT2D eigenvalue weighted by molar-refractivity contribution is 0.586. The van der Waals surface area contributed by atoms with Gasteiger partial charge in [0.25, 0.3) is 0 Å². The molecule has 1 fully saturated rings. The van der Waals surface area contributed by atoms with Gasteiger partial charge in [0.15, 0.2) is 11.5 Å². The summed E-state index contributed by atoms with van der Waals surface area (Å²) in [7, 11) is 0. The third-order valence-electron chi connectivity index (χ3n) is 2.62. The predicted molar refractivity (Wildman–Crippen MR) is 78.5 cm³/mol. The second kappa shape index (κ2) is 8.83. The number of piperazine rings is 1. The molecule has 0 spiro atoms. The molecule has 0 aliphatic carbocycles. The maximum Gasteiger partial charge on any atom is 0.182 e. The van der Waals surface area contributed by atoms with E-state index in [-0.39, 0.29) is 35.8 Å². The van der Waals surface area contributed by atoms with Gasteiger partial charge in [0.2, 0.25) is 0 Å². The van der Waals surface area contributed by atoms with Crippen LogP contribution in [0.4, 0.5) is 5.82 Å². The molecule has 6 N–H and O–H groups in total. The Bertz CT molecular complexity index is 476. The molecule has 1 aliphatic heterocycles. The van der Waals surface area contributed by atoms with Gasteiger partial charge in [0.1, 0.15) is 11.8 Å². The maximum atomic E-state index is 4.32. The van der Waals surface area contributed by atoms with Crippen LogP contribution in [0.3, 0.4) is 0 Å². The molecule has 10 heteroatoms. The van der Waals surface area contributed by atoms with E-state index in [1.807, 2.05) is 0 Å². The maximum absolute atomic E-state index is 4.32. The number of aromatic nitrogens is 4. The molecule has 19 heavy (non-hydrogen) atoms. The molecule has 1 aliphatic rings. The summed E-state index contributed by atoms with van der Waals surface area (Å²) < 4.78 is 0. The van der Waals surface area contributed by atoms with Crippen molar-refractivity contribution in [3.05, 3.63) is 12.7 Å². The number of hydrogen-bond acceptors (Lipinski definition) is 5. The van der Waals surface area contributed by atoms with Crippen LogP contribution >= 0.6 is 24.8 Å². The number of hydrogen-bond donors (Lipinski definition) is 2. The van der Waals surface area contributed by atoms with Crippen molar-refractivity contribution in [1.82, 2.24) is 25.3 Å². The fourth-order valence-electron chi connectivity index (χ4n) is 1.87. The quantitative estimate of drug-likeness (QED) is 0.693. The molecule has 0 amide bonds. The first-order valence-corrected chi connectivity index (χ1v) is 5.05. The van der Waals surface area contributed by atoms with Crippen LogP contribution in [0.25, 0.3) is 11.2 Å². The first kappa shape index (κ1) is 20.1. The number of anilines is 1. The smallest absolute Gasteiger partial charge is 0.182 e. The average Bonchev–Trinajstić information content (AvgIpc) is 2.78. The van der Waals surface area contributed by atoms with Gasteiger partial charge in [-0.2, -0.15) is 0 Å². The van der Waals surface area contributed by atoms with Gasteiger partial charge in [-0.3, -0.25) is 0 Å². The minimum absolute atomic E-state index is 0. The summed E-state index contributed by atoms with van der Waals surface area (Å²) >= 11 is 0. The Morgan fingerprint density at radius 3 is 2.37 bits per heavy atom. The summed E-state index contributed by atoms with van der Waals surface area (Å²) in [5.74, 6) is 0.957. The fraction of sp³-hybridized carbons (Fsp3) is 0.444. The Morgan fingerprint density at radius 1 is 1.00 bits per heavy atom. The summed E-state index contributed by atoms with van der Waals surface area (Å²) in [5, 5.41) is 3.32. The van der Waals surface area contributed by atoms with Crippen molar-refractivity contribution in [3.8, 4) is 0 Å². The zero-order chi connectivity index (χ0) is 10.1. The molecule has 3 heterocycles. The number of halogens is 2. The van der Waals surface area contributed by atoms with Crippen LogP contribution in [0.2, 0.25) is 0 Å². The molecule has 0 radical (unpaired) electrons. The summed E-state index contributed by atoms with van der Waals surface area (Å²) in [6, 6.07) is 0. The number of nitrogens with zero attached hydrogens (tertiary/aromatic N) is 4. The van der Waals surface area contributed by atoms with Crippen LogP contribution in [0.5, 0.6) is 0 Å². The minimum Gasteiger partial charge on any atom is -0.412 e. The Kier molecular flexibility index (Phi) is 9.36. The minimum atomic E-state index is 0. The lowest BCUT2D eigenvalue weighted by Gasteiger charge is -2.28. The summed E-state index contributed by atoms with van der Waals surface area (Å²) in [5.41, 5.74) is 1.66. The van der Waals surface area contributed by atoms with Gasteiger partial charge in [0.05, 0.1) is 6.33 Å².